The van der Waals surface area contributed by atoms with Crippen LogP contribution >= 0.6 is 11.6 Å². The molecule has 0 aliphatic heterocycles. The molecule has 2 rings (SSSR count). The van der Waals surface area contributed by atoms with Crippen LogP contribution < -0.4 is 0 Å². The van der Waals surface area contributed by atoms with Crippen LogP contribution in [0.3, 0.4) is 0 Å². The summed E-state index contributed by atoms with van der Waals surface area (Å²) >= 11 is 5.85. The van der Waals surface area contributed by atoms with E-state index in [0.717, 1.165) is 0 Å². The second-order valence-corrected chi connectivity index (χ2v) is 4.37. The van der Waals surface area contributed by atoms with E-state index in [1.165, 1.54) is 37.7 Å². The first-order chi connectivity index (χ1) is 6.77. The molecule has 1 nitrogen and oxygen atoms in total. The van der Waals surface area contributed by atoms with Crippen molar-refractivity contribution in [3.05, 3.63) is 28.8 Å². The predicted octanol–water partition coefficient (Wildman–Crippen LogP) is 3.89. The Morgan fingerprint density at radius 3 is 2.64 bits per heavy atom. The number of phenolic OH excluding ortho intramolecular Hbond substituents is 1. The number of halogens is 1. The topological polar surface area (TPSA) is 20.2 Å². The Kier molecular flexibility index (Phi) is 2.97. The monoisotopic (exact) mass is 209 g/mol. The van der Waals surface area contributed by atoms with E-state index in [1.54, 1.807) is 0 Å². The maximum atomic E-state index is 9.25. The molecule has 1 aliphatic rings. The van der Waals surface area contributed by atoms with Crippen molar-refractivity contribution in [2.45, 2.75) is 38.0 Å². The number of aromatic hydroxyl groups is 1. The second kappa shape index (κ2) is 4.22. The van der Waals surface area contributed by atoms with Gasteiger partial charge in [-0.3, -0.25) is 0 Å². The van der Waals surface area contributed by atoms with Crippen LogP contribution in [0.5, 0.6) is 5.75 Å². The van der Waals surface area contributed by atoms with Crippen molar-refractivity contribution in [2.24, 2.45) is 0 Å². The Morgan fingerprint density at radius 2 is 2.00 bits per heavy atom. The van der Waals surface area contributed by atoms with Crippen molar-refractivity contribution in [3.8, 4) is 5.75 Å². The molecule has 1 aliphatic carbocycles. The molecule has 0 heterocycles. The third-order valence-corrected chi connectivity index (χ3v) is 3.26. The molecule has 1 aromatic rings. The van der Waals surface area contributed by atoms with Crippen LogP contribution in [-0.2, 0) is 0 Å². The highest BCUT2D eigenvalue weighted by atomic mass is 35.5. The van der Waals surface area contributed by atoms with Gasteiger partial charge < -0.3 is 5.11 Å². The number of hydrogen-bond donors (Lipinski definition) is 1. The Balaban J connectivity index is 2.18. The summed E-state index contributed by atoms with van der Waals surface area (Å²) in [4.78, 5) is 0. The van der Waals surface area contributed by atoms with E-state index in [1.807, 2.05) is 12.1 Å². The fourth-order valence-corrected chi connectivity index (χ4v) is 2.33. The minimum atomic E-state index is 0.0613. The highest BCUT2D eigenvalue weighted by Crippen LogP contribution is 2.35. The first-order valence-corrected chi connectivity index (χ1v) is 5.55. The standard InChI is InChI=1S/C12H14ClO/c13-11-8-10(6-7-12(11)14)9-4-2-1-3-5-9/h6,8-9,14H,1-5H2. The van der Waals surface area contributed by atoms with E-state index in [4.69, 9.17) is 11.6 Å². The van der Waals surface area contributed by atoms with Crippen molar-refractivity contribution >= 4 is 11.6 Å². The minimum Gasteiger partial charge on any atom is -0.506 e. The lowest BCUT2D eigenvalue weighted by molar-refractivity contribution is 0.441. The zero-order valence-corrected chi connectivity index (χ0v) is 8.85. The van der Waals surface area contributed by atoms with Crippen molar-refractivity contribution in [3.63, 3.8) is 0 Å². The molecule has 0 bridgehead atoms. The quantitative estimate of drug-likeness (QED) is 0.744. The summed E-state index contributed by atoms with van der Waals surface area (Å²) in [5.41, 5.74) is 1.23. The lowest BCUT2D eigenvalue weighted by atomic mass is 9.84. The van der Waals surface area contributed by atoms with Crippen molar-refractivity contribution < 1.29 is 5.11 Å². The molecule has 2 heteroatoms. The Bertz CT molecular complexity index is 316. The van der Waals surface area contributed by atoms with Crippen LogP contribution in [0.15, 0.2) is 12.1 Å². The maximum Gasteiger partial charge on any atom is 0.142 e. The van der Waals surface area contributed by atoms with Gasteiger partial charge >= 0.3 is 0 Å². The van der Waals surface area contributed by atoms with Gasteiger partial charge in [0.25, 0.3) is 0 Å². The molecule has 0 atom stereocenters. The van der Waals surface area contributed by atoms with E-state index >= 15 is 0 Å². The van der Waals surface area contributed by atoms with Gasteiger partial charge in [0.1, 0.15) is 5.75 Å². The van der Waals surface area contributed by atoms with Crippen LogP contribution in [0.4, 0.5) is 0 Å². The van der Waals surface area contributed by atoms with Gasteiger partial charge in [0.05, 0.1) is 5.02 Å². The van der Waals surface area contributed by atoms with E-state index in [0.29, 0.717) is 10.9 Å². The first-order valence-electron chi connectivity index (χ1n) is 5.17. The lowest BCUT2D eigenvalue weighted by Gasteiger charge is -2.22. The molecular weight excluding hydrogens is 196 g/mol. The van der Waals surface area contributed by atoms with Crippen LogP contribution in [0.25, 0.3) is 0 Å². The normalized spacial score (nSPS) is 18.4. The molecule has 0 spiro atoms. The average Bonchev–Trinajstić information content (AvgIpc) is 2.23. The van der Waals surface area contributed by atoms with Crippen molar-refractivity contribution in [2.75, 3.05) is 0 Å². The summed E-state index contributed by atoms with van der Waals surface area (Å²) in [7, 11) is 0. The first kappa shape index (κ1) is 9.85. The van der Waals surface area contributed by atoms with Gasteiger partial charge in [-0.1, -0.05) is 30.9 Å². The summed E-state index contributed by atoms with van der Waals surface area (Å²) in [5, 5.41) is 9.68. The summed E-state index contributed by atoms with van der Waals surface area (Å²) in [6.45, 7) is 0. The van der Waals surface area contributed by atoms with Crippen LogP contribution in [0.2, 0.25) is 5.02 Å². The molecule has 1 radical (unpaired) electrons. The van der Waals surface area contributed by atoms with E-state index in [2.05, 4.69) is 6.07 Å². The molecule has 1 saturated carbocycles. The fraction of sp³-hybridized carbons (Fsp3) is 0.500. The lowest BCUT2D eigenvalue weighted by Crippen LogP contribution is -2.04. The Labute approximate surface area is 89.7 Å². The zero-order chi connectivity index (χ0) is 9.97. The average molecular weight is 210 g/mol. The molecule has 1 aromatic carbocycles. The summed E-state index contributed by atoms with van der Waals surface area (Å²) in [5.74, 6) is 0.685. The largest absolute Gasteiger partial charge is 0.506 e. The molecule has 0 saturated heterocycles. The van der Waals surface area contributed by atoms with Gasteiger partial charge in [-0.2, -0.15) is 0 Å². The van der Waals surface area contributed by atoms with Crippen molar-refractivity contribution in [1.29, 1.82) is 0 Å². The van der Waals surface area contributed by atoms with Gasteiger partial charge in [0.15, 0.2) is 0 Å². The predicted molar refractivity (Wildman–Crippen MR) is 57.8 cm³/mol. The van der Waals surface area contributed by atoms with Crippen LogP contribution in [-0.4, -0.2) is 5.11 Å². The van der Waals surface area contributed by atoms with Gasteiger partial charge in [0, 0.05) is 6.07 Å². The number of hydrogen-bond acceptors (Lipinski definition) is 1. The maximum absolute atomic E-state index is 9.25. The molecule has 14 heavy (non-hydrogen) atoms. The number of rotatable bonds is 1. The number of phenols is 1. The second-order valence-electron chi connectivity index (χ2n) is 3.96. The van der Waals surface area contributed by atoms with Gasteiger partial charge in [-0.25, -0.2) is 0 Å². The van der Waals surface area contributed by atoms with Gasteiger partial charge in [-0.15, -0.1) is 0 Å². The Morgan fingerprint density at radius 1 is 1.29 bits per heavy atom. The zero-order valence-electron chi connectivity index (χ0n) is 8.09. The third-order valence-electron chi connectivity index (χ3n) is 2.97. The molecule has 75 valence electrons. The van der Waals surface area contributed by atoms with E-state index in [9.17, 15) is 5.11 Å². The van der Waals surface area contributed by atoms with Crippen LogP contribution in [0, 0.1) is 6.07 Å². The smallest absolute Gasteiger partial charge is 0.142 e. The number of benzene rings is 1. The molecule has 0 amide bonds. The summed E-state index contributed by atoms with van der Waals surface area (Å²) < 4.78 is 0. The SMILES string of the molecule is Oc1[c]cc(C2CCCCC2)cc1Cl. The highest BCUT2D eigenvalue weighted by molar-refractivity contribution is 6.32. The summed E-state index contributed by atoms with van der Waals surface area (Å²) in [6, 6.07) is 6.54. The van der Waals surface area contributed by atoms with Gasteiger partial charge in [-0.05, 0) is 36.5 Å². The molecule has 0 aromatic heterocycles. The fourth-order valence-electron chi connectivity index (χ4n) is 2.15. The molecule has 1 N–H and O–H groups in total. The molecule has 1 fully saturated rings. The Hall–Kier alpha value is -0.690. The molecular formula is C12H14ClO. The van der Waals surface area contributed by atoms with E-state index < -0.39 is 0 Å². The molecule has 0 unspecified atom stereocenters. The van der Waals surface area contributed by atoms with E-state index in [-0.39, 0.29) is 5.75 Å². The van der Waals surface area contributed by atoms with Crippen LogP contribution in [0.1, 0.15) is 43.6 Å². The van der Waals surface area contributed by atoms with Gasteiger partial charge in [0.2, 0.25) is 0 Å². The summed E-state index contributed by atoms with van der Waals surface area (Å²) in [6.07, 6.45) is 6.46. The van der Waals surface area contributed by atoms with Crippen molar-refractivity contribution in [1.82, 2.24) is 0 Å². The third kappa shape index (κ3) is 2.03. The highest BCUT2D eigenvalue weighted by Gasteiger charge is 2.16. The minimum absolute atomic E-state index is 0.0613.